The molecule has 0 saturated carbocycles. The number of hydrogen-bond acceptors (Lipinski definition) is 4. The Balaban J connectivity index is 1.89. The van der Waals surface area contributed by atoms with Crippen molar-refractivity contribution < 1.29 is 19.1 Å². The molecule has 2 rings (SSSR count). The lowest BCUT2D eigenvalue weighted by atomic mass is 10.2. The van der Waals surface area contributed by atoms with E-state index in [4.69, 9.17) is 32.7 Å². The van der Waals surface area contributed by atoms with Crippen LogP contribution in [0.15, 0.2) is 42.5 Å². The monoisotopic (exact) mass is 381 g/mol. The molecule has 5 nitrogen and oxygen atoms in total. The van der Waals surface area contributed by atoms with Crippen molar-refractivity contribution in [3.63, 3.8) is 0 Å². The Morgan fingerprint density at radius 2 is 1.64 bits per heavy atom. The molecule has 2 aromatic carbocycles. The van der Waals surface area contributed by atoms with Gasteiger partial charge >= 0.3 is 5.97 Å². The summed E-state index contributed by atoms with van der Waals surface area (Å²) in [6.45, 7) is 3.35. The molecule has 0 atom stereocenters. The smallest absolute Gasteiger partial charge is 0.338 e. The molecular formula is C18H17Cl2NO4. The van der Waals surface area contributed by atoms with E-state index in [1.165, 1.54) is 0 Å². The molecule has 0 aliphatic carbocycles. The van der Waals surface area contributed by atoms with E-state index in [1.54, 1.807) is 56.3 Å². The summed E-state index contributed by atoms with van der Waals surface area (Å²) < 4.78 is 10.4. The minimum absolute atomic E-state index is 0.191. The van der Waals surface area contributed by atoms with Gasteiger partial charge in [0.2, 0.25) is 0 Å². The summed E-state index contributed by atoms with van der Waals surface area (Å²) in [6, 6.07) is 11.1. The van der Waals surface area contributed by atoms with Crippen LogP contribution >= 0.6 is 23.2 Å². The van der Waals surface area contributed by atoms with E-state index < -0.39 is 5.97 Å². The number of nitrogens with one attached hydrogen (secondary N) is 1. The minimum Gasteiger partial charge on any atom is -0.484 e. The fraction of sp³-hybridized carbons (Fsp3) is 0.222. The second-order valence-corrected chi connectivity index (χ2v) is 6.35. The number of halogens is 2. The minimum atomic E-state index is -0.408. The lowest BCUT2D eigenvalue weighted by molar-refractivity contribution is -0.118. The van der Waals surface area contributed by atoms with E-state index in [1.807, 2.05) is 0 Å². The van der Waals surface area contributed by atoms with Crippen molar-refractivity contribution in [2.24, 2.45) is 0 Å². The highest BCUT2D eigenvalue weighted by atomic mass is 35.5. The number of anilines is 1. The molecule has 0 aliphatic rings. The second kappa shape index (κ2) is 8.74. The Bertz CT molecular complexity index is 740. The SMILES string of the molecule is CC(C)OC(=O)c1ccc(NC(=O)COc2cc(Cl)cc(Cl)c2)cc1. The van der Waals surface area contributed by atoms with Crippen molar-refractivity contribution in [2.75, 3.05) is 11.9 Å². The largest absolute Gasteiger partial charge is 0.484 e. The normalized spacial score (nSPS) is 10.4. The van der Waals surface area contributed by atoms with Crippen LogP contribution in [0.3, 0.4) is 0 Å². The molecule has 1 amide bonds. The van der Waals surface area contributed by atoms with Crippen LogP contribution < -0.4 is 10.1 Å². The molecule has 0 fully saturated rings. The Morgan fingerprint density at radius 1 is 1.04 bits per heavy atom. The lowest BCUT2D eigenvalue weighted by Gasteiger charge is -2.10. The maximum absolute atomic E-state index is 11.9. The molecule has 1 N–H and O–H groups in total. The Hall–Kier alpha value is -2.24. The van der Waals surface area contributed by atoms with Crippen molar-refractivity contribution in [1.29, 1.82) is 0 Å². The number of carbonyl (C=O) groups is 2. The van der Waals surface area contributed by atoms with Gasteiger partial charge in [-0.15, -0.1) is 0 Å². The van der Waals surface area contributed by atoms with Crippen LogP contribution in [0.5, 0.6) is 5.75 Å². The molecule has 2 aromatic rings. The van der Waals surface area contributed by atoms with Crippen molar-refractivity contribution in [3.05, 3.63) is 58.1 Å². The third-order valence-corrected chi connectivity index (χ3v) is 3.39. The van der Waals surface area contributed by atoms with Gasteiger partial charge < -0.3 is 14.8 Å². The van der Waals surface area contributed by atoms with E-state index in [-0.39, 0.29) is 18.6 Å². The van der Waals surface area contributed by atoms with Gasteiger partial charge in [-0.1, -0.05) is 23.2 Å². The van der Waals surface area contributed by atoms with Crippen LogP contribution in [-0.4, -0.2) is 24.6 Å². The number of amides is 1. The van der Waals surface area contributed by atoms with Gasteiger partial charge in [0.15, 0.2) is 6.61 Å². The highest BCUT2D eigenvalue weighted by Gasteiger charge is 2.10. The quantitative estimate of drug-likeness (QED) is 0.743. The Morgan fingerprint density at radius 3 is 2.20 bits per heavy atom. The van der Waals surface area contributed by atoms with E-state index >= 15 is 0 Å². The first kappa shape index (κ1) is 19.1. The van der Waals surface area contributed by atoms with Crippen molar-refractivity contribution in [2.45, 2.75) is 20.0 Å². The van der Waals surface area contributed by atoms with Crippen LogP contribution in [0.25, 0.3) is 0 Å². The maximum Gasteiger partial charge on any atom is 0.338 e. The molecular weight excluding hydrogens is 365 g/mol. The van der Waals surface area contributed by atoms with Gasteiger partial charge in [-0.3, -0.25) is 4.79 Å². The molecule has 7 heteroatoms. The number of benzene rings is 2. The first-order valence-electron chi connectivity index (χ1n) is 7.53. The average molecular weight is 382 g/mol. The standard InChI is InChI=1S/C18H17Cl2NO4/c1-11(2)25-18(23)12-3-5-15(6-4-12)21-17(22)10-24-16-8-13(19)7-14(20)9-16/h3-9,11H,10H2,1-2H3,(H,21,22). The molecule has 0 bridgehead atoms. The molecule has 0 aliphatic heterocycles. The summed E-state index contributed by atoms with van der Waals surface area (Å²) in [5, 5.41) is 3.51. The van der Waals surface area contributed by atoms with Gasteiger partial charge in [-0.05, 0) is 56.3 Å². The fourth-order valence-corrected chi connectivity index (χ4v) is 2.44. The first-order chi connectivity index (χ1) is 11.8. The highest BCUT2D eigenvalue weighted by Crippen LogP contribution is 2.24. The molecule has 0 saturated heterocycles. The summed E-state index contributed by atoms with van der Waals surface area (Å²) in [5.41, 5.74) is 0.954. The topological polar surface area (TPSA) is 64.6 Å². The highest BCUT2D eigenvalue weighted by molar-refractivity contribution is 6.34. The molecule has 0 radical (unpaired) electrons. The zero-order valence-electron chi connectivity index (χ0n) is 13.7. The van der Waals surface area contributed by atoms with Gasteiger partial charge in [-0.2, -0.15) is 0 Å². The second-order valence-electron chi connectivity index (χ2n) is 5.47. The summed E-state index contributed by atoms with van der Waals surface area (Å²) in [5.74, 6) is -0.359. The third kappa shape index (κ3) is 6.29. The van der Waals surface area contributed by atoms with Crippen molar-refractivity contribution >= 4 is 40.8 Å². The zero-order chi connectivity index (χ0) is 18.4. The molecule has 0 unspecified atom stereocenters. The number of rotatable bonds is 6. The van der Waals surface area contributed by atoms with Crippen LogP contribution in [0.2, 0.25) is 10.0 Å². The predicted octanol–water partition coefficient (Wildman–Crippen LogP) is 4.58. The predicted molar refractivity (Wildman–Crippen MR) is 97.6 cm³/mol. The van der Waals surface area contributed by atoms with Crippen LogP contribution in [0.4, 0.5) is 5.69 Å². The summed E-state index contributed by atoms with van der Waals surface area (Å²) in [4.78, 5) is 23.7. The average Bonchev–Trinajstić information content (AvgIpc) is 2.52. The van der Waals surface area contributed by atoms with Crippen molar-refractivity contribution in [1.82, 2.24) is 0 Å². The summed E-state index contributed by atoms with van der Waals surface area (Å²) in [6.07, 6.45) is -0.191. The summed E-state index contributed by atoms with van der Waals surface area (Å²) >= 11 is 11.7. The molecule has 25 heavy (non-hydrogen) atoms. The third-order valence-electron chi connectivity index (χ3n) is 2.95. The molecule has 132 valence electrons. The Labute approximate surface area is 155 Å². The lowest BCUT2D eigenvalue weighted by Crippen LogP contribution is -2.20. The summed E-state index contributed by atoms with van der Waals surface area (Å²) in [7, 11) is 0. The molecule has 0 heterocycles. The van der Waals surface area contributed by atoms with E-state index in [0.717, 1.165) is 0 Å². The molecule has 0 spiro atoms. The van der Waals surface area contributed by atoms with Gasteiger partial charge in [0, 0.05) is 15.7 Å². The number of ether oxygens (including phenoxy) is 2. The van der Waals surface area contributed by atoms with Crippen LogP contribution in [0, 0.1) is 0 Å². The van der Waals surface area contributed by atoms with Crippen LogP contribution in [-0.2, 0) is 9.53 Å². The van der Waals surface area contributed by atoms with E-state index in [2.05, 4.69) is 5.32 Å². The number of esters is 1. The Kier molecular flexibility index (Phi) is 6.67. The van der Waals surface area contributed by atoms with Gasteiger partial charge in [0.05, 0.1) is 11.7 Å². The van der Waals surface area contributed by atoms with Gasteiger partial charge in [0.25, 0.3) is 5.91 Å². The molecule has 0 aromatic heterocycles. The fourth-order valence-electron chi connectivity index (χ4n) is 1.93. The van der Waals surface area contributed by atoms with E-state index in [0.29, 0.717) is 27.0 Å². The number of carbonyl (C=O) groups excluding carboxylic acids is 2. The van der Waals surface area contributed by atoms with E-state index in [9.17, 15) is 9.59 Å². The van der Waals surface area contributed by atoms with Gasteiger partial charge in [0.1, 0.15) is 5.75 Å². The van der Waals surface area contributed by atoms with Crippen molar-refractivity contribution in [3.8, 4) is 5.75 Å². The number of hydrogen-bond donors (Lipinski definition) is 1. The maximum atomic E-state index is 11.9. The van der Waals surface area contributed by atoms with Crippen LogP contribution in [0.1, 0.15) is 24.2 Å². The zero-order valence-corrected chi connectivity index (χ0v) is 15.2. The van der Waals surface area contributed by atoms with Gasteiger partial charge in [-0.25, -0.2) is 4.79 Å². The first-order valence-corrected chi connectivity index (χ1v) is 8.29.